The average molecular weight is 284 g/mol. The fraction of sp³-hybridized carbons (Fsp3) is 0.909. The number of likely N-dealkylation sites (tertiary alicyclic amines) is 1. The number of rotatable bonds is 1. The summed E-state index contributed by atoms with van der Waals surface area (Å²) < 4.78 is 0. The predicted octanol–water partition coefficient (Wildman–Crippen LogP) is 0.604. The van der Waals surface area contributed by atoms with Gasteiger partial charge in [-0.25, -0.2) is 0 Å². The van der Waals surface area contributed by atoms with Crippen molar-refractivity contribution in [2.24, 2.45) is 5.92 Å². The van der Waals surface area contributed by atoms with Gasteiger partial charge in [0.15, 0.2) is 0 Å². The lowest BCUT2D eigenvalue weighted by atomic mass is 9.95. The molecule has 0 atom stereocenters. The monoisotopic (exact) mass is 283 g/mol. The Bertz CT molecular complexity index is 227. The number of piperazine rings is 1. The van der Waals surface area contributed by atoms with Crippen molar-refractivity contribution in [3.63, 3.8) is 0 Å². The molecule has 1 amide bonds. The minimum atomic E-state index is 0. The topological polar surface area (TPSA) is 35.6 Å². The summed E-state index contributed by atoms with van der Waals surface area (Å²) in [5, 5.41) is 3.28. The molecule has 2 heterocycles. The van der Waals surface area contributed by atoms with Crippen LogP contribution < -0.4 is 5.32 Å². The molecule has 0 aromatic carbocycles. The van der Waals surface area contributed by atoms with Crippen LogP contribution in [0, 0.1) is 5.92 Å². The number of piperidine rings is 1. The maximum atomic E-state index is 12.1. The normalized spacial score (nSPS) is 22.5. The van der Waals surface area contributed by atoms with Gasteiger partial charge < -0.3 is 15.1 Å². The first-order valence-corrected chi connectivity index (χ1v) is 5.95. The van der Waals surface area contributed by atoms with E-state index >= 15 is 0 Å². The lowest BCUT2D eigenvalue weighted by molar-refractivity contribution is -0.137. The van der Waals surface area contributed by atoms with Gasteiger partial charge in [-0.3, -0.25) is 4.79 Å². The minimum Gasteiger partial charge on any atom is -0.340 e. The number of hydrogen-bond acceptors (Lipinski definition) is 3. The predicted molar refractivity (Wildman–Crippen MR) is 74.2 cm³/mol. The molecule has 102 valence electrons. The first-order chi connectivity index (χ1) is 7.27. The summed E-state index contributed by atoms with van der Waals surface area (Å²) in [5.74, 6) is 0.684. The summed E-state index contributed by atoms with van der Waals surface area (Å²) in [6.07, 6.45) is 2.08. The van der Waals surface area contributed by atoms with E-state index in [-0.39, 0.29) is 24.8 Å². The minimum absolute atomic E-state index is 0. The molecular weight excluding hydrogens is 261 g/mol. The van der Waals surface area contributed by atoms with E-state index in [9.17, 15) is 4.79 Å². The molecule has 1 N–H and O–H groups in total. The van der Waals surface area contributed by atoms with Crippen molar-refractivity contribution in [1.82, 2.24) is 15.1 Å². The van der Waals surface area contributed by atoms with Crippen LogP contribution in [0.25, 0.3) is 0 Å². The molecule has 0 aromatic rings. The second kappa shape index (κ2) is 8.14. The van der Waals surface area contributed by atoms with Crippen LogP contribution >= 0.6 is 24.8 Å². The average Bonchev–Trinajstić information content (AvgIpc) is 2.30. The van der Waals surface area contributed by atoms with Crippen molar-refractivity contribution in [2.75, 3.05) is 46.3 Å². The molecular formula is C11H23Cl2N3O. The Morgan fingerprint density at radius 3 is 2.12 bits per heavy atom. The maximum Gasteiger partial charge on any atom is 0.225 e. The number of hydrogen-bond donors (Lipinski definition) is 1. The molecule has 2 rings (SSSR count). The Kier molecular flexibility index (Phi) is 8.12. The summed E-state index contributed by atoms with van der Waals surface area (Å²) in [6, 6.07) is 0. The Morgan fingerprint density at radius 2 is 1.59 bits per heavy atom. The summed E-state index contributed by atoms with van der Waals surface area (Å²) in [4.78, 5) is 16.5. The summed E-state index contributed by atoms with van der Waals surface area (Å²) in [5.41, 5.74) is 0. The van der Waals surface area contributed by atoms with Gasteiger partial charge in [-0.1, -0.05) is 0 Å². The van der Waals surface area contributed by atoms with Crippen LogP contribution in [0.1, 0.15) is 12.8 Å². The van der Waals surface area contributed by atoms with Crippen LogP contribution in [-0.4, -0.2) is 62.0 Å². The number of carbonyl (C=O) groups excluding carboxylic acids is 1. The first kappa shape index (κ1) is 17.0. The lowest BCUT2D eigenvalue weighted by Gasteiger charge is -2.34. The van der Waals surface area contributed by atoms with Crippen molar-refractivity contribution in [1.29, 1.82) is 0 Å². The lowest BCUT2D eigenvalue weighted by Crippen LogP contribution is -2.49. The smallest absolute Gasteiger partial charge is 0.225 e. The molecule has 0 unspecified atom stereocenters. The fourth-order valence-electron chi connectivity index (χ4n) is 2.40. The van der Waals surface area contributed by atoms with Gasteiger partial charge >= 0.3 is 0 Å². The van der Waals surface area contributed by atoms with Gasteiger partial charge in [0.2, 0.25) is 5.91 Å². The largest absolute Gasteiger partial charge is 0.340 e. The Hall–Kier alpha value is -0.0300. The van der Waals surface area contributed by atoms with Gasteiger partial charge in [-0.2, -0.15) is 0 Å². The van der Waals surface area contributed by atoms with Crippen molar-refractivity contribution < 1.29 is 4.79 Å². The van der Waals surface area contributed by atoms with Crippen molar-refractivity contribution >= 4 is 30.7 Å². The second-order valence-corrected chi connectivity index (χ2v) is 4.65. The zero-order valence-electron chi connectivity index (χ0n) is 10.4. The highest BCUT2D eigenvalue weighted by molar-refractivity contribution is 5.85. The van der Waals surface area contributed by atoms with Gasteiger partial charge in [0.05, 0.1) is 0 Å². The molecule has 0 radical (unpaired) electrons. The van der Waals surface area contributed by atoms with Crippen LogP contribution in [0.5, 0.6) is 0 Å². The molecule has 2 saturated heterocycles. The molecule has 2 aliphatic rings. The van der Waals surface area contributed by atoms with Gasteiger partial charge in [0.25, 0.3) is 0 Å². The van der Waals surface area contributed by atoms with E-state index in [2.05, 4.69) is 17.3 Å². The first-order valence-electron chi connectivity index (χ1n) is 5.95. The maximum absolute atomic E-state index is 12.1. The number of nitrogens with zero attached hydrogens (tertiary/aromatic N) is 2. The third-order valence-corrected chi connectivity index (χ3v) is 3.50. The van der Waals surface area contributed by atoms with E-state index in [1.165, 1.54) is 0 Å². The molecule has 2 fully saturated rings. The van der Waals surface area contributed by atoms with E-state index in [0.717, 1.165) is 52.1 Å². The zero-order chi connectivity index (χ0) is 10.7. The molecule has 2 aliphatic heterocycles. The molecule has 4 nitrogen and oxygen atoms in total. The van der Waals surface area contributed by atoms with E-state index in [4.69, 9.17) is 0 Å². The second-order valence-electron chi connectivity index (χ2n) is 4.65. The Balaban J connectivity index is 0.00000128. The molecule has 0 spiro atoms. The molecule has 6 heteroatoms. The molecule has 17 heavy (non-hydrogen) atoms. The summed E-state index contributed by atoms with van der Waals surface area (Å²) in [6.45, 7) is 5.85. The Morgan fingerprint density at radius 1 is 1.06 bits per heavy atom. The standard InChI is InChI=1S/C11H21N3O.2ClH/c1-13-6-2-10(3-7-13)11(15)14-8-4-12-5-9-14;;/h10,12H,2-9H2,1H3;2*1H. The molecule has 0 aliphatic carbocycles. The molecule has 0 aromatic heterocycles. The van der Waals surface area contributed by atoms with E-state index in [1.54, 1.807) is 0 Å². The van der Waals surface area contributed by atoms with Crippen molar-refractivity contribution in [2.45, 2.75) is 12.8 Å². The van der Waals surface area contributed by atoms with Crippen LogP contribution in [0.2, 0.25) is 0 Å². The SMILES string of the molecule is CN1CCC(C(=O)N2CCNCC2)CC1.Cl.Cl. The highest BCUT2D eigenvalue weighted by atomic mass is 35.5. The van der Waals surface area contributed by atoms with Crippen LogP contribution in [0.3, 0.4) is 0 Å². The quantitative estimate of drug-likeness (QED) is 0.766. The third-order valence-electron chi connectivity index (χ3n) is 3.50. The number of amides is 1. The third kappa shape index (κ3) is 4.62. The highest BCUT2D eigenvalue weighted by Gasteiger charge is 2.27. The summed E-state index contributed by atoms with van der Waals surface area (Å²) >= 11 is 0. The fourth-order valence-corrected chi connectivity index (χ4v) is 2.40. The number of halogens is 2. The van der Waals surface area contributed by atoms with E-state index < -0.39 is 0 Å². The van der Waals surface area contributed by atoms with Gasteiger partial charge in [0, 0.05) is 32.1 Å². The zero-order valence-corrected chi connectivity index (χ0v) is 12.0. The number of nitrogens with one attached hydrogen (secondary N) is 1. The van der Waals surface area contributed by atoms with Crippen molar-refractivity contribution in [3.8, 4) is 0 Å². The van der Waals surface area contributed by atoms with E-state index in [1.807, 2.05) is 4.90 Å². The van der Waals surface area contributed by atoms with Crippen molar-refractivity contribution in [3.05, 3.63) is 0 Å². The number of carbonyl (C=O) groups is 1. The van der Waals surface area contributed by atoms with Gasteiger partial charge in [-0.05, 0) is 33.0 Å². The Labute approximate surface area is 116 Å². The van der Waals surface area contributed by atoms with Crippen LogP contribution in [-0.2, 0) is 4.79 Å². The van der Waals surface area contributed by atoms with Crippen LogP contribution in [0.15, 0.2) is 0 Å². The van der Waals surface area contributed by atoms with Crippen LogP contribution in [0.4, 0.5) is 0 Å². The van der Waals surface area contributed by atoms with E-state index in [0.29, 0.717) is 11.8 Å². The van der Waals surface area contributed by atoms with Gasteiger partial charge in [-0.15, -0.1) is 24.8 Å². The molecule has 0 bridgehead atoms. The molecule has 0 saturated carbocycles. The summed E-state index contributed by atoms with van der Waals surface area (Å²) in [7, 11) is 2.13. The highest BCUT2D eigenvalue weighted by Crippen LogP contribution is 2.18. The van der Waals surface area contributed by atoms with Gasteiger partial charge in [0.1, 0.15) is 0 Å².